The van der Waals surface area contributed by atoms with Gasteiger partial charge in [-0.3, -0.25) is 9.52 Å². The third kappa shape index (κ3) is 4.55. The number of halogens is 2. The normalized spacial score (nSPS) is 14.0. The van der Waals surface area contributed by atoms with Crippen LogP contribution in [0.15, 0.2) is 35.2 Å². The molecule has 3 rings (SSSR count). The Hall–Kier alpha value is -2.16. The predicted octanol–water partition coefficient (Wildman–Crippen LogP) is 4.05. The van der Waals surface area contributed by atoms with Crippen LogP contribution in [0.3, 0.4) is 0 Å². The number of nitrogens with zero attached hydrogens (tertiary/aromatic N) is 1. The third-order valence-corrected chi connectivity index (χ3v) is 6.58. The SMILES string of the molecule is COc1cc(OC)c(NS(=O)(=O)c2ccc(Cl)c(C(=O)N3CCCC3)c2)cc1Cl. The van der Waals surface area contributed by atoms with Gasteiger partial charge in [0.1, 0.15) is 11.5 Å². The number of rotatable bonds is 6. The molecule has 0 aliphatic carbocycles. The molecule has 1 aliphatic heterocycles. The molecule has 2 aromatic carbocycles. The molecule has 29 heavy (non-hydrogen) atoms. The molecule has 1 amide bonds. The second-order valence-corrected chi connectivity index (χ2v) is 8.93. The van der Waals surface area contributed by atoms with Crippen molar-refractivity contribution < 1.29 is 22.7 Å². The summed E-state index contributed by atoms with van der Waals surface area (Å²) >= 11 is 12.3. The average molecular weight is 459 g/mol. The quantitative estimate of drug-likeness (QED) is 0.705. The lowest BCUT2D eigenvalue weighted by molar-refractivity contribution is 0.0792. The smallest absolute Gasteiger partial charge is 0.262 e. The van der Waals surface area contributed by atoms with Crippen molar-refractivity contribution in [2.45, 2.75) is 17.7 Å². The zero-order valence-corrected chi connectivity index (χ0v) is 18.2. The van der Waals surface area contributed by atoms with Crippen LogP contribution in [-0.2, 0) is 10.0 Å². The van der Waals surface area contributed by atoms with Gasteiger partial charge in [0.15, 0.2) is 0 Å². The summed E-state index contributed by atoms with van der Waals surface area (Å²) in [5, 5.41) is 0.415. The van der Waals surface area contributed by atoms with E-state index in [1.165, 1.54) is 44.6 Å². The topological polar surface area (TPSA) is 84.9 Å². The molecule has 0 radical (unpaired) electrons. The summed E-state index contributed by atoms with van der Waals surface area (Å²) in [5.41, 5.74) is 0.289. The van der Waals surface area contributed by atoms with Gasteiger partial charge in [-0.05, 0) is 37.1 Å². The van der Waals surface area contributed by atoms with E-state index in [1.54, 1.807) is 4.90 Å². The van der Waals surface area contributed by atoms with E-state index in [4.69, 9.17) is 32.7 Å². The molecule has 7 nitrogen and oxygen atoms in total. The number of ether oxygens (including phenoxy) is 2. The maximum Gasteiger partial charge on any atom is 0.262 e. The van der Waals surface area contributed by atoms with E-state index in [9.17, 15) is 13.2 Å². The number of nitrogens with one attached hydrogen (secondary N) is 1. The Balaban J connectivity index is 1.95. The van der Waals surface area contributed by atoms with E-state index >= 15 is 0 Å². The first-order chi connectivity index (χ1) is 13.8. The second-order valence-electron chi connectivity index (χ2n) is 6.43. The molecule has 0 bridgehead atoms. The van der Waals surface area contributed by atoms with Crippen LogP contribution in [0.1, 0.15) is 23.2 Å². The highest BCUT2D eigenvalue weighted by Crippen LogP contribution is 2.37. The van der Waals surface area contributed by atoms with Crippen molar-refractivity contribution in [1.82, 2.24) is 4.90 Å². The summed E-state index contributed by atoms with van der Waals surface area (Å²) in [6.07, 6.45) is 1.84. The molecule has 1 heterocycles. The Bertz CT molecular complexity index is 1040. The lowest BCUT2D eigenvalue weighted by atomic mass is 10.2. The van der Waals surface area contributed by atoms with Gasteiger partial charge >= 0.3 is 0 Å². The molecule has 0 aromatic heterocycles. The van der Waals surface area contributed by atoms with Crippen LogP contribution in [0.5, 0.6) is 11.5 Å². The Kier molecular flexibility index (Phi) is 6.45. The summed E-state index contributed by atoms with van der Waals surface area (Å²) in [6.45, 7) is 1.26. The third-order valence-electron chi connectivity index (χ3n) is 4.59. The van der Waals surface area contributed by atoms with Gasteiger partial charge < -0.3 is 14.4 Å². The molecule has 1 saturated heterocycles. The van der Waals surface area contributed by atoms with E-state index in [-0.39, 0.29) is 37.8 Å². The van der Waals surface area contributed by atoms with Crippen molar-refractivity contribution in [3.05, 3.63) is 45.9 Å². The van der Waals surface area contributed by atoms with E-state index in [1.807, 2.05) is 0 Å². The molecular formula is C19H20Cl2N2O5S. The van der Waals surface area contributed by atoms with Gasteiger partial charge in [-0.1, -0.05) is 23.2 Å². The Morgan fingerprint density at radius 2 is 1.66 bits per heavy atom. The van der Waals surface area contributed by atoms with Gasteiger partial charge in [0.2, 0.25) is 0 Å². The van der Waals surface area contributed by atoms with Gasteiger partial charge in [-0.15, -0.1) is 0 Å². The van der Waals surface area contributed by atoms with Crippen LogP contribution in [0.4, 0.5) is 5.69 Å². The van der Waals surface area contributed by atoms with Gasteiger partial charge in [0.25, 0.3) is 15.9 Å². The number of anilines is 1. The lowest BCUT2D eigenvalue weighted by Gasteiger charge is -2.17. The number of amides is 1. The lowest BCUT2D eigenvalue weighted by Crippen LogP contribution is -2.28. The maximum absolute atomic E-state index is 12.9. The van der Waals surface area contributed by atoms with Crippen molar-refractivity contribution in [1.29, 1.82) is 0 Å². The second kappa shape index (κ2) is 8.69. The Morgan fingerprint density at radius 1 is 1.00 bits per heavy atom. The van der Waals surface area contributed by atoms with Crippen molar-refractivity contribution in [3.63, 3.8) is 0 Å². The van der Waals surface area contributed by atoms with Crippen LogP contribution in [0.25, 0.3) is 0 Å². The van der Waals surface area contributed by atoms with Crippen LogP contribution in [0.2, 0.25) is 10.0 Å². The zero-order valence-electron chi connectivity index (χ0n) is 15.9. The Labute approximate surface area is 179 Å². The molecule has 0 saturated carbocycles. The number of likely N-dealkylation sites (tertiary alicyclic amines) is 1. The van der Waals surface area contributed by atoms with Crippen LogP contribution >= 0.6 is 23.2 Å². The average Bonchev–Trinajstić information content (AvgIpc) is 3.22. The summed E-state index contributed by atoms with van der Waals surface area (Å²) < 4.78 is 38.6. The van der Waals surface area contributed by atoms with Crippen LogP contribution in [-0.4, -0.2) is 46.5 Å². The molecule has 156 valence electrons. The molecular weight excluding hydrogens is 439 g/mol. The fourth-order valence-corrected chi connectivity index (χ4v) is 4.60. The molecule has 1 N–H and O–H groups in total. The molecule has 2 aromatic rings. The van der Waals surface area contributed by atoms with E-state index in [0.717, 1.165) is 12.8 Å². The number of carbonyl (C=O) groups is 1. The number of carbonyl (C=O) groups excluding carboxylic acids is 1. The highest BCUT2D eigenvalue weighted by atomic mass is 35.5. The summed E-state index contributed by atoms with van der Waals surface area (Å²) in [7, 11) is -1.20. The van der Waals surface area contributed by atoms with Gasteiger partial charge in [0.05, 0.1) is 40.4 Å². The molecule has 0 unspecified atom stereocenters. The summed E-state index contributed by atoms with van der Waals surface area (Å²) in [5.74, 6) is 0.295. The van der Waals surface area contributed by atoms with Crippen LogP contribution < -0.4 is 14.2 Å². The van der Waals surface area contributed by atoms with Gasteiger partial charge in [-0.25, -0.2) is 8.42 Å². The standard InChI is InChI=1S/C19H20Cl2N2O5S/c1-27-17-11-18(28-2)16(10-15(17)21)22-29(25,26)12-5-6-14(20)13(9-12)19(24)23-7-3-4-8-23/h5-6,9-11,22H,3-4,7-8H2,1-2H3. The fraction of sp³-hybridized carbons (Fsp3) is 0.316. The summed E-state index contributed by atoms with van der Waals surface area (Å²) in [4.78, 5) is 14.3. The van der Waals surface area contributed by atoms with Crippen molar-refractivity contribution in [3.8, 4) is 11.5 Å². The van der Waals surface area contributed by atoms with Gasteiger partial charge in [-0.2, -0.15) is 0 Å². The highest BCUT2D eigenvalue weighted by Gasteiger charge is 2.25. The molecule has 10 heteroatoms. The number of sulfonamides is 1. The minimum Gasteiger partial charge on any atom is -0.495 e. The number of benzene rings is 2. The molecule has 0 spiro atoms. The molecule has 0 atom stereocenters. The highest BCUT2D eigenvalue weighted by molar-refractivity contribution is 7.92. The van der Waals surface area contributed by atoms with Crippen LogP contribution in [0, 0.1) is 0 Å². The number of hydrogen-bond donors (Lipinski definition) is 1. The number of hydrogen-bond acceptors (Lipinski definition) is 5. The van der Waals surface area contributed by atoms with E-state index < -0.39 is 10.0 Å². The predicted molar refractivity (Wildman–Crippen MR) is 112 cm³/mol. The van der Waals surface area contributed by atoms with Crippen molar-refractivity contribution in [2.24, 2.45) is 0 Å². The fourth-order valence-electron chi connectivity index (χ4n) is 3.07. The number of methoxy groups -OCH3 is 2. The minimum atomic E-state index is -4.04. The first-order valence-corrected chi connectivity index (χ1v) is 11.0. The van der Waals surface area contributed by atoms with Gasteiger partial charge in [0, 0.05) is 19.2 Å². The maximum atomic E-state index is 12.9. The van der Waals surface area contributed by atoms with E-state index in [2.05, 4.69) is 4.72 Å². The largest absolute Gasteiger partial charge is 0.495 e. The minimum absolute atomic E-state index is 0.0987. The van der Waals surface area contributed by atoms with Crippen molar-refractivity contribution >= 4 is 44.8 Å². The first-order valence-electron chi connectivity index (χ1n) is 8.80. The van der Waals surface area contributed by atoms with Crippen molar-refractivity contribution in [2.75, 3.05) is 32.0 Å². The molecule has 1 fully saturated rings. The van der Waals surface area contributed by atoms with E-state index in [0.29, 0.717) is 18.8 Å². The monoisotopic (exact) mass is 458 g/mol. The Morgan fingerprint density at radius 3 is 2.28 bits per heavy atom. The first kappa shape index (κ1) is 21.5. The zero-order chi connectivity index (χ0) is 21.2. The molecule has 1 aliphatic rings. The summed E-state index contributed by atoms with van der Waals surface area (Å²) in [6, 6.07) is 6.89.